The number of hydrogen-bond donors (Lipinski definition) is 2. The van der Waals surface area contributed by atoms with Crippen molar-refractivity contribution in [3.63, 3.8) is 0 Å². The highest BCUT2D eigenvalue weighted by molar-refractivity contribution is 5.82. The van der Waals surface area contributed by atoms with E-state index in [1.165, 1.54) is 6.07 Å². The fourth-order valence-electron chi connectivity index (χ4n) is 1.27. The molecule has 0 amide bonds. The fraction of sp³-hybridized carbons (Fsp3) is 0. The lowest BCUT2D eigenvalue weighted by Crippen LogP contribution is -2.26. The van der Waals surface area contributed by atoms with Gasteiger partial charge in [-0.1, -0.05) is 6.07 Å². The van der Waals surface area contributed by atoms with Crippen LogP contribution >= 0.6 is 0 Å². The molecule has 2 rings (SSSR count). The highest BCUT2D eigenvalue weighted by Gasteiger charge is 1.98. The third kappa shape index (κ3) is 1.12. The summed E-state index contributed by atoms with van der Waals surface area (Å²) in [5, 5.41) is 0.899. The van der Waals surface area contributed by atoms with Crippen LogP contribution in [0.25, 0.3) is 10.9 Å². The van der Waals surface area contributed by atoms with E-state index >= 15 is 0 Å². The van der Waals surface area contributed by atoms with Gasteiger partial charge >= 0.3 is 0 Å². The van der Waals surface area contributed by atoms with Crippen molar-refractivity contribution in [2.24, 2.45) is 0 Å². The molecule has 0 unspecified atom stereocenters. The molecule has 4 nitrogen and oxygen atoms in total. The van der Waals surface area contributed by atoms with Gasteiger partial charge in [0.1, 0.15) is 0 Å². The van der Waals surface area contributed by atoms with E-state index in [-0.39, 0.29) is 5.56 Å². The van der Waals surface area contributed by atoms with Crippen LogP contribution in [-0.4, -0.2) is 4.68 Å². The van der Waals surface area contributed by atoms with Crippen LogP contribution in [0.5, 0.6) is 0 Å². The van der Waals surface area contributed by atoms with Gasteiger partial charge in [0.15, 0.2) is 0 Å². The molecule has 0 radical (unpaired) electrons. The van der Waals surface area contributed by atoms with Crippen molar-refractivity contribution in [3.05, 3.63) is 40.7 Å². The summed E-state index contributed by atoms with van der Waals surface area (Å²) < 4.78 is 1.09. The van der Waals surface area contributed by atoms with Gasteiger partial charge < -0.3 is 11.6 Å². The zero-order chi connectivity index (χ0) is 9.42. The molecular weight excluding hydrogens is 166 g/mol. The summed E-state index contributed by atoms with van der Waals surface area (Å²) in [6, 6.07) is 8.43. The second-order valence-corrected chi connectivity index (χ2v) is 2.86. The Kier molecular flexibility index (Phi) is 1.48. The summed E-state index contributed by atoms with van der Waals surface area (Å²) in [4.78, 5) is 11.1. The molecule has 0 spiro atoms. The van der Waals surface area contributed by atoms with Crippen LogP contribution < -0.4 is 17.1 Å². The van der Waals surface area contributed by atoms with Gasteiger partial charge in [-0.05, 0) is 18.2 Å². The summed E-state index contributed by atoms with van der Waals surface area (Å²) in [5.74, 6) is 5.54. The summed E-state index contributed by atoms with van der Waals surface area (Å²) in [6.45, 7) is 0. The van der Waals surface area contributed by atoms with Crippen LogP contribution in [0, 0.1) is 0 Å². The smallest absolute Gasteiger partial charge is 0.269 e. The molecule has 13 heavy (non-hydrogen) atoms. The maximum Gasteiger partial charge on any atom is 0.269 e. The molecule has 2 aromatic rings. The van der Waals surface area contributed by atoms with E-state index < -0.39 is 0 Å². The van der Waals surface area contributed by atoms with Crippen LogP contribution in [0.4, 0.5) is 5.69 Å². The van der Waals surface area contributed by atoms with Crippen molar-refractivity contribution in [2.75, 3.05) is 11.6 Å². The Morgan fingerprint density at radius 1 is 1.15 bits per heavy atom. The maximum absolute atomic E-state index is 11.1. The molecule has 0 saturated carbocycles. The maximum atomic E-state index is 11.1. The first-order valence-electron chi connectivity index (χ1n) is 3.85. The Bertz CT molecular complexity index is 516. The van der Waals surface area contributed by atoms with Gasteiger partial charge in [0.2, 0.25) is 0 Å². The molecule has 0 aliphatic carbocycles. The number of nitrogens with zero attached hydrogens (tertiary/aromatic N) is 1. The minimum Gasteiger partial charge on any atom is -0.399 e. The summed E-state index contributed by atoms with van der Waals surface area (Å²) in [6.07, 6.45) is 0. The van der Waals surface area contributed by atoms with E-state index in [0.717, 1.165) is 10.1 Å². The van der Waals surface area contributed by atoms with Gasteiger partial charge in [-0.15, -0.1) is 0 Å². The van der Waals surface area contributed by atoms with Crippen LogP contribution in [0.2, 0.25) is 0 Å². The molecule has 0 aliphatic heterocycles. The number of aromatic nitrogens is 1. The summed E-state index contributed by atoms with van der Waals surface area (Å²) in [5.41, 5.74) is 6.57. The van der Waals surface area contributed by atoms with Gasteiger partial charge in [-0.25, -0.2) is 4.68 Å². The lowest BCUT2D eigenvalue weighted by Gasteiger charge is -2.03. The first-order chi connectivity index (χ1) is 6.18. The Hall–Kier alpha value is -1.97. The van der Waals surface area contributed by atoms with Crippen LogP contribution in [0.1, 0.15) is 0 Å². The minimum absolute atomic E-state index is 0.238. The Balaban J connectivity index is 2.97. The quantitative estimate of drug-likeness (QED) is 0.446. The highest BCUT2D eigenvalue weighted by atomic mass is 16.1. The molecular formula is C9H9N3O. The van der Waals surface area contributed by atoms with Gasteiger partial charge in [0, 0.05) is 17.1 Å². The predicted molar refractivity (Wildman–Crippen MR) is 52.8 cm³/mol. The average Bonchev–Trinajstić information content (AvgIpc) is 2.12. The highest BCUT2D eigenvalue weighted by Crippen LogP contribution is 2.13. The van der Waals surface area contributed by atoms with Crippen LogP contribution in [0.3, 0.4) is 0 Å². The molecule has 1 heterocycles. The number of anilines is 1. The second-order valence-electron chi connectivity index (χ2n) is 2.86. The van der Waals surface area contributed by atoms with Gasteiger partial charge in [-0.3, -0.25) is 4.79 Å². The molecule has 0 atom stereocenters. The number of pyridine rings is 1. The minimum atomic E-state index is -0.238. The Morgan fingerprint density at radius 2 is 1.85 bits per heavy atom. The van der Waals surface area contributed by atoms with E-state index in [4.69, 9.17) is 11.6 Å². The third-order valence-electron chi connectivity index (χ3n) is 1.96. The first kappa shape index (κ1) is 7.67. The van der Waals surface area contributed by atoms with E-state index in [0.29, 0.717) is 11.2 Å². The normalized spacial score (nSPS) is 10.5. The Morgan fingerprint density at radius 3 is 2.62 bits per heavy atom. The largest absolute Gasteiger partial charge is 0.399 e. The summed E-state index contributed by atoms with van der Waals surface area (Å²) >= 11 is 0. The molecule has 4 heteroatoms. The standard InChI is InChI=1S/C9H9N3O/c10-7-3-1-6-2-4-9(13)12(11)8(6)5-7/h1-5H,10-11H2. The Labute approximate surface area is 74.4 Å². The molecule has 1 aromatic carbocycles. The van der Waals surface area contributed by atoms with Gasteiger partial charge in [-0.2, -0.15) is 0 Å². The van der Waals surface area contributed by atoms with Gasteiger partial charge in [0.05, 0.1) is 5.52 Å². The molecule has 0 saturated heterocycles. The number of fused-ring (bicyclic) bond motifs is 1. The van der Waals surface area contributed by atoms with Crippen molar-refractivity contribution in [2.45, 2.75) is 0 Å². The molecule has 66 valence electrons. The lowest BCUT2D eigenvalue weighted by molar-refractivity contribution is 0.989. The molecule has 0 bridgehead atoms. The van der Waals surface area contributed by atoms with E-state index in [1.54, 1.807) is 18.2 Å². The SMILES string of the molecule is Nc1ccc2ccc(=O)n(N)c2c1. The topological polar surface area (TPSA) is 74.0 Å². The second kappa shape index (κ2) is 2.52. The predicted octanol–water partition coefficient (Wildman–Crippen LogP) is 0.297. The first-order valence-corrected chi connectivity index (χ1v) is 3.85. The number of nitrogen functional groups attached to an aromatic ring is 2. The summed E-state index contributed by atoms with van der Waals surface area (Å²) in [7, 11) is 0. The number of hydrogen-bond acceptors (Lipinski definition) is 3. The molecule has 0 aliphatic rings. The fourth-order valence-corrected chi connectivity index (χ4v) is 1.27. The monoisotopic (exact) mass is 175 g/mol. The van der Waals surface area contributed by atoms with Crippen molar-refractivity contribution in [1.29, 1.82) is 0 Å². The zero-order valence-corrected chi connectivity index (χ0v) is 6.90. The number of rotatable bonds is 0. The van der Waals surface area contributed by atoms with E-state index in [1.807, 2.05) is 6.07 Å². The zero-order valence-electron chi connectivity index (χ0n) is 6.90. The van der Waals surface area contributed by atoms with Crippen molar-refractivity contribution in [3.8, 4) is 0 Å². The van der Waals surface area contributed by atoms with Gasteiger partial charge in [0.25, 0.3) is 5.56 Å². The molecule has 1 aromatic heterocycles. The number of benzene rings is 1. The van der Waals surface area contributed by atoms with Crippen molar-refractivity contribution in [1.82, 2.24) is 4.68 Å². The average molecular weight is 175 g/mol. The van der Waals surface area contributed by atoms with Crippen molar-refractivity contribution >= 4 is 16.6 Å². The number of nitrogens with two attached hydrogens (primary N) is 2. The molecule has 4 N–H and O–H groups in total. The van der Waals surface area contributed by atoms with E-state index in [2.05, 4.69) is 0 Å². The molecule has 0 fully saturated rings. The van der Waals surface area contributed by atoms with Crippen LogP contribution in [0.15, 0.2) is 35.1 Å². The lowest BCUT2D eigenvalue weighted by atomic mass is 10.2. The van der Waals surface area contributed by atoms with Crippen molar-refractivity contribution < 1.29 is 0 Å². The van der Waals surface area contributed by atoms with E-state index in [9.17, 15) is 4.79 Å². The van der Waals surface area contributed by atoms with Crippen LogP contribution in [-0.2, 0) is 0 Å². The third-order valence-corrected chi connectivity index (χ3v) is 1.96.